The Kier molecular flexibility index (Phi) is 2.79. The first kappa shape index (κ1) is 11.5. The van der Waals surface area contributed by atoms with E-state index in [2.05, 4.69) is 15.1 Å². The highest BCUT2D eigenvalue weighted by atomic mass is 16.1. The van der Waals surface area contributed by atoms with E-state index in [1.807, 2.05) is 31.2 Å². The maximum absolute atomic E-state index is 12.2. The average Bonchev–Trinajstić information content (AvgIpc) is 2.49. The fourth-order valence-corrected chi connectivity index (χ4v) is 2.02. The summed E-state index contributed by atoms with van der Waals surface area (Å²) in [6, 6.07) is 9.26. The Morgan fingerprint density at radius 2 is 1.95 bits per heavy atom. The van der Waals surface area contributed by atoms with Crippen molar-refractivity contribution in [1.82, 2.24) is 19.7 Å². The van der Waals surface area contributed by atoms with Crippen LogP contribution < -0.4 is 5.56 Å². The molecule has 94 valence electrons. The summed E-state index contributed by atoms with van der Waals surface area (Å²) in [5.74, 6) is 0. The Labute approximate surface area is 109 Å². The lowest BCUT2D eigenvalue weighted by Gasteiger charge is -2.08. The van der Waals surface area contributed by atoms with E-state index >= 15 is 0 Å². The molecule has 5 heteroatoms. The number of aromatic nitrogens is 4. The summed E-state index contributed by atoms with van der Waals surface area (Å²) in [4.78, 5) is 20.6. The highest BCUT2D eigenvalue weighted by Gasteiger charge is 2.12. The summed E-state index contributed by atoms with van der Waals surface area (Å²) in [5.41, 5.74) is 1.69. The van der Waals surface area contributed by atoms with Crippen LogP contribution >= 0.6 is 0 Å². The number of rotatable bonds is 2. The molecule has 0 amide bonds. The maximum atomic E-state index is 12.2. The number of pyridine rings is 2. The van der Waals surface area contributed by atoms with Gasteiger partial charge in [-0.3, -0.25) is 14.8 Å². The molecule has 0 aliphatic carbocycles. The topological polar surface area (TPSA) is 60.7 Å². The minimum absolute atomic E-state index is 0.169. The summed E-state index contributed by atoms with van der Waals surface area (Å²) in [5, 5.41) is 5.12. The molecule has 0 aromatic carbocycles. The van der Waals surface area contributed by atoms with Gasteiger partial charge in [0.1, 0.15) is 11.2 Å². The second-order valence-electron chi connectivity index (χ2n) is 4.08. The molecule has 0 saturated carbocycles. The van der Waals surface area contributed by atoms with Crippen LogP contribution in [0.15, 0.2) is 47.5 Å². The summed E-state index contributed by atoms with van der Waals surface area (Å²) in [6.45, 7) is 2.39. The zero-order valence-corrected chi connectivity index (χ0v) is 10.4. The van der Waals surface area contributed by atoms with Crippen molar-refractivity contribution >= 4 is 10.9 Å². The van der Waals surface area contributed by atoms with Gasteiger partial charge >= 0.3 is 0 Å². The Bertz CT molecular complexity index is 780. The van der Waals surface area contributed by atoms with E-state index in [9.17, 15) is 4.79 Å². The second kappa shape index (κ2) is 4.61. The van der Waals surface area contributed by atoms with Crippen LogP contribution in [-0.4, -0.2) is 19.7 Å². The lowest BCUT2D eigenvalue weighted by Crippen LogP contribution is -2.23. The SMILES string of the molecule is CCn1nc(-c2ccccn2)c2cccnc2c1=O. The van der Waals surface area contributed by atoms with Crippen molar-refractivity contribution in [2.75, 3.05) is 0 Å². The van der Waals surface area contributed by atoms with E-state index in [1.54, 1.807) is 18.5 Å². The smallest absolute Gasteiger partial charge is 0.265 e. The first-order valence-electron chi connectivity index (χ1n) is 6.08. The fraction of sp³-hybridized carbons (Fsp3) is 0.143. The molecular weight excluding hydrogens is 240 g/mol. The molecule has 0 bridgehead atoms. The van der Waals surface area contributed by atoms with E-state index in [1.165, 1.54) is 4.68 Å². The summed E-state index contributed by atoms with van der Waals surface area (Å²) >= 11 is 0. The van der Waals surface area contributed by atoms with Crippen LogP contribution in [0.1, 0.15) is 6.92 Å². The molecule has 0 unspecified atom stereocenters. The Hall–Kier alpha value is -2.56. The zero-order chi connectivity index (χ0) is 13.2. The van der Waals surface area contributed by atoms with Gasteiger partial charge < -0.3 is 0 Å². The van der Waals surface area contributed by atoms with Gasteiger partial charge in [0.2, 0.25) is 0 Å². The van der Waals surface area contributed by atoms with Crippen molar-refractivity contribution in [2.24, 2.45) is 0 Å². The van der Waals surface area contributed by atoms with Gasteiger partial charge in [-0.05, 0) is 31.2 Å². The average molecular weight is 252 g/mol. The van der Waals surface area contributed by atoms with E-state index in [-0.39, 0.29) is 5.56 Å². The third-order valence-corrected chi connectivity index (χ3v) is 2.93. The number of aryl methyl sites for hydroxylation is 1. The largest absolute Gasteiger partial charge is 0.293 e. The van der Waals surface area contributed by atoms with Crippen LogP contribution in [0.5, 0.6) is 0 Å². The van der Waals surface area contributed by atoms with Gasteiger partial charge in [-0.15, -0.1) is 0 Å². The van der Waals surface area contributed by atoms with Gasteiger partial charge in [-0.25, -0.2) is 4.68 Å². The van der Waals surface area contributed by atoms with Gasteiger partial charge in [-0.2, -0.15) is 5.10 Å². The maximum Gasteiger partial charge on any atom is 0.293 e. The normalized spacial score (nSPS) is 10.8. The van der Waals surface area contributed by atoms with Crippen molar-refractivity contribution in [3.8, 4) is 11.4 Å². The first-order valence-corrected chi connectivity index (χ1v) is 6.08. The predicted molar refractivity (Wildman–Crippen MR) is 72.7 cm³/mol. The van der Waals surface area contributed by atoms with E-state index in [0.717, 1.165) is 11.1 Å². The molecule has 3 aromatic rings. The first-order chi connectivity index (χ1) is 9.31. The quantitative estimate of drug-likeness (QED) is 0.698. The molecule has 5 nitrogen and oxygen atoms in total. The molecule has 3 heterocycles. The van der Waals surface area contributed by atoms with Gasteiger partial charge in [0.25, 0.3) is 5.56 Å². The number of hydrogen-bond acceptors (Lipinski definition) is 4. The van der Waals surface area contributed by atoms with Crippen LogP contribution in [0, 0.1) is 0 Å². The van der Waals surface area contributed by atoms with Crippen molar-refractivity contribution in [2.45, 2.75) is 13.5 Å². The molecule has 0 radical (unpaired) electrons. The molecule has 0 spiro atoms. The molecule has 0 atom stereocenters. The van der Waals surface area contributed by atoms with Crippen LogP contribution in [0.2, 0.25) is 0 Å². The molecule has 3 rings (SSSR count). The lowest BCUT2D eigenvalue weighted by atomic mass is 10.1. The Balaban J connectivity index is 2.42. The zero-order valence-electron chi connectivity index (χ0n) is 10.4. The van der Waals surface area contributed by atoms with Crippen molar-refractivity contribution in [3.63, 3.8) is 0 Å². The monoisotopic (exact) mass is 252 g/mol. The van der Waals surface area contributed by atoms with Crippen LogP contribution in [-0.2, 0) is 6.54 Å². The molecule has 0 aliphatic heterocycles. The minimum Gasteiger partial charge on any atom is -0.265 e. The summed E-state index contributed by atoms with van der Waals surface area (Å²) in [7, 11) is 0. The number of hydrogen-bond donors (Lipinski definition) is 0. The molecule has 0 N–H and O–H groups in total. The van der Waals surface area contributed by atoms with E-state index in [0.29, 0.717) is 17.8 Å². The van der Waals surface area contributed by atoms with Crippen molar-refractivity contribution < 1.29 is 0 Å². The molecule has 19 heavy (non-hydrogen) atoms. The highest BCUT2D eigenvalue weighted by Crippen LogP contribution is 2.21. The highest BCUT2D eigenvalue weighted by molar-refractivity contribution is 5.90. The van der Waals surface area contributed by atoms with Crippen LogP contribution in [0.4, 0.5) is 0 Å². The van der Waals surface area contributed by atoms with Crippen molar-refractivity contribution in [3.05, 3.63) is 53.1 Å². The lowest BCUT2D eigenvalue weighted by molar-refractivity contribution is 0.624. The van der Waals surface area contributed by atoms with Gasteiger partial charge in [0.05, 0.1) is 5.69 Å². The molecule has 0 saturated heterocycles. The fourth-order valence-electron chi connectivity index (χ4n) is 2.02. The Morgan fingerprint density at radius 3 is 2.68 bits per heavy atom. The van der Waals surface area contributed by atoms with Crippen LogP contribution in [0.25, 0.3) is 22.3 Å². The van der Waals surface area contributed by atoms with Gasteiger partial charge in [0, 0.05) is 24.3 Å². The molecule has 3 aromatic heterocycles. The van der Waals surface area contributed by atoms with E-state index in [4.69, 9.17) is 0 Å². The number of nitrogens with zero attached hydrogens (tertiary/aromatic N) is 4. The molecule has 0 aliphatic rings. The second-order valence-corrected chi connectivity index (χ2v) is 4.08. The minimum atomic E-state index is -0.169. The third-order valence-electron chi connectivity index (χ3n) is 2.93. The van der Waals surface area contributed by atoms with Crippen LogP contribution in [0.3, 0.4) is 0 Å². The third kappa shape index (κ3) is 1.89. The van der Waals surface area contributed by atoms with E-state index < -0.39 is 0 Å². The summed E-state index contributed by atoms with van der Waals surface area (Å²) < 4.78 is 1.42. The number of fused-ring (bicyclic) bond motifs is 1. The Morgan fingerprint density at radius 1 is 1.11 bits per heavy atom. The van der Waals surface area contributed by atoms with Crippen molar-refractivity contribution in [1.29, 1.82) is 0 Å². The van der Waals surface area contributed by atoms with Gasteiger partial charge in [0.15, 0.2) is 0 Å². The molecule has 0 fully saturated rings. The molecular formula is C14H12N4O. The van der Waals surface area contributed by atoms with Gasteiger partial charge in [-0.1, -0.05) is 6.07 Å². The standard InChI is InChI=1S/C14H12N4O/c1-2-18-14(19)13-10(6-5-9-16-13)12(17-18)11-7-3-4-8-15-11/h3-9H,2H2,1H3. The predicted octanol–water partition coefficient (Wildman–Crippen LogP) is 1.87. The summed E-state index contributed by atoms with van der Waals surface area (Å²) in [6.07, 6.45) is 3.33.